The van der Waals surface area contributed by atoms with E-state index in [0.29, 0.717) is 22.6 Å². The molecule has 2 aliphatic rings. The Morgan fingerprint density at radius 3 is 2.43 bits per heavy atom. The average Bonchev–Trinajstić information content (AvgIpc) is 2.87. The predicted octanol–water partition coefficient (Wildman–Crippen LogP) is 4.33. The molecule has 3 rings (SSSR count). The van der Waals surface area contributed by atoms with E-state index in [2.05, 4.69) is 33.4 Å². The van der Waals surface area contributed by atoms with Gasteiger partial charge in [0.2, 0.25) is 0 Å². The van der Waals surface area contributed by atoms with Crippen molar-refractivity contribution in [2.75, 3.05) is 0 Å². The summed E-state index contributed by atoms with van der Waals surface area (Å²) in [6.45, 7) is 10.7. The number of nitrogens with zero attached hydrogens (tertiary/aromatic N) is 1. The fourth-order valence-corrected chi connectivity index (χ4v) is 4.37. The minimum absolute atomic E-state index is 0.0288. The summed E-state index contributed by atoms with van der Waals surface area (Å²) in [5.74, 6) is 0.290. The van der Waals surface area contributed by atoms with Crippen LogP contribution in [-0.2, 0) is 9.53 Å². The predicted molar refractivity (Wildman–Crippen MR) is 89.3 cm³/mol. The van der Waals surface area contributed by atoms with Crippen molar-refractivity contribution in [3.63, 3.8) is 0 Å². The molecule has 3 heteroatoms. The van der Waals surface area contributed by atoms with E-state index in [1.54, 1.807) is 24.3 Å². The van der Waals surface area contributed by atoms with E-state index in [0.717, 1.165) is 12.8 Å². The lowest BCUT2D eigenvalue weighted by Crippen LogP contribution is -2.38. The summed E-state index contributed by atoms with van der Waals surface area (Å²) in [5.41, 5.74) is 1.91. The number of ether oxygens (including phenoxy) is 1. The van der Waals surface area contributed by atoms with Crippen LogP contribution in [0.3, 0.4) is 0 Å². The molecule has 0 spiro atoms. The van der Waals surface area contributed by atoms with E-state index in [-0.39, 0.29) is 22.9 Å². The van der Waals surface area contributed by atoms with Crippen molar-refractivity contribution in [2.24, 2.45) is 16.7 Å². The summed E-state index contributed by atoms with van der Waals surface area (Å²) < 4.78 is 5.85. The van der Waals surface area contributed by atoms with Gasteiger partial charge in [0.15, 0.2) is 0 Å². The highest BCUT2D eigenvalue weighted by Crippen LogP contribution is 2.66. The Morgan fingerprint density at radius 1 is 1.30 bits per heavy atom. The van der Waals surface area contributed by atoms with E-state index < -0.39 is 0 Å². The van der Waals surface area contributed by atoms with Crippen LogP contribution in [0.15, 0.2) is 30.8 Å². The summed E-state index contributed by atoms with van der Waals surface area (Å²) >= 11 is 0. The molecule has 0 heterocycles. The molecule has 23 heavy (non-hydrogen) atoms. The third-order valence-corrected chi connectivity index (χ3v) is 6.57. The molecule has 0 radical (unpaired) electrons. The number of nitriles is 1. The van der Waals surface area contributed by atoms with Crippen LogP contribution < -0.4 is 0 Å². The van der Waals surface area contributed by atoms with E-state index in [4.69, 9.17) is 10.00 Å². The molecule has 120 valence electrons. The van der Waals surface area contributed by atoms with Gasteiger partial charge in [-0.25, -0.2) is 4.79 Å². The molecule has 0 amide bonds. The number of rotatable bonds is 3. The van der Waals surface area contributed by atoms with Crippen LogP contribution in [-0.4, -0.2) is 12.1 Å². The van der Waals surface area contributed by atoms with E-state index in [9.17, 15) is 4.79 Å². The van der Waals surface area contributed by atoms with Crippen LogP contribution in [0.5, 0.6) is 0 Å². The second-order valence-electron chi connectivity index (χ2n) is 7.67. The monoisotopic (exact) mass is 309 g/mol. The second-order valence-corrected chi connectivity index (χ2v) is 7.67. The SMILES string of the molecule is C=C(C(=O)OC1C[C@H]2CC[C@@]1(C)C2(C)C)c1ccc(C#N)cc1. The zero-order chi connectivity index (χ0) is 16.8. The molecule has 0 saturated heterocycles. The number of carbonyl (C=O) groups is 1. The number of fused-ring (bicyclic) bond motifs is 2. The van der Waals surface area contributed by atoms with Crippen molar-refractivity contribution in [1.29, 1.82) is 5.26 Å². The first kappa shape index (κ1) is 15.8. The molecule has 2 bridgehead atoms. The van der Waals surface area contributed by atoms with Crippen LogP contribution in [0.25, 0.3) is 5.57 Å². The molecule has 1 aromatic carbocycles. The van der Waals surface area contributed by atoms with E-state index in [1.165, 1.54) is 6.42 Å². The molecule has 0 N–H and O–H groups in total. The zero-order valence-corrected chi connectivity index (χ0v) is 14.1. The van der Waals surface area contributed by atoms with Crippen molar-refractivity contribution in [1.82, 2.24) is 0 Å². The molecule has 2 aliphatic carbocycles. The fraction of sp³-hybridized carbons (Fsp3) is 0.500. The Hall–Kier alpha value is -2.08. The molecule has 3 atom stereocenters. The number of benzene rings is 1. The van der Waals surface area contributed by atoms with Gasteiger partial charge in [0.05, 0.1) is 17.2 Å². The lowest BCUT2D eigenvalue weighted by atomic mass is 9.70. The molecule has 2 fully saturated rings. The van der Waals surface area contributed by atoms with Gasteiger partial charge in [-0.15, -0.1) is 0 Å². The van der Waals surface area contributed by atoms with Crippen LogP contribution in [0.2, 0.25) is 0 Å². The normalized spacial score (nSPS) is 30.7. The van der Waals surface area contributed by atoms with Crippen molar-refractivity contribution < 1.29 is 9.53 Å². The lowest BCUT2D eigenvalue weighted by molar-refractivity contribution is -0.149. The van der Waals surface area contributed by atoms with Gasteiger partial charge in [0.1, 0.15) is 6.10 Å². The van der Waals surface area contributed by atoms with Gasteiger partial charge < -0.3 is 4.74 Å². The molecule has 1 unspecified atom stereocenters. The highest BCUT2D eigenvalue weighted by atomic mass is 16.5. The molecular weight excluding hydrogens is 286 g/mol. The van der Waals surface area contributed by atoms with Gasteiger partial charge in [-0.3, -0.25) is 0 Å². The number of hydrogen-bond acceptors (Lipinski definition) is 3. The Labute approximate surface area is 138 Å². The van der Waals surface area contributed by atoms with Crippen molar-refractivity contribution >= 4 is 11.5 Å². The highest BCUT2D eigenvalue weighted by Gasteiger charge is 2.62. The van der Waals surface area contributed by atoms with Gasteiger partial charge in [-0.1, -0.05) is 39.5 Å². The summed E-state index contributed by atoms with van der Waals surface area (Å²) in [6.07, 6.45) is 3.27. The second kappa shape index (κ2) is 5.23. The summed E-state index contributed by atoms with van der Waals surface area (Å²) in [5, 5.41) is 8.84. The third-order valence-electron chi connectivity index (χ3n) is 6.57. The Kier molecular flexibility index (Phi) is 3.59. The fourth-order valence-electron chi connectivity index (χ4n) is 4.37. The third kappa shape index (κ3) is 2.28. The molecule has 0 aromatic heterocycles. The maximum atomic E-state index is 12.5. The molecular formula is C20H23NO2. The topological polar surface area (TPSA) is 50.1 Å². The maximum Gasteiger partial charge on any atom is 0.338 e. The van der Waals surface area contributed by atoms with Crippen LogP contribution in [0.1, 0.15) is 51.2 Å². The number of hydrogen-bond donors (Lipinski definition) is 0. The first-order valence-electron chi connectivity index (χ1n) is 8.20. The number of esters is 1. The average molecular weight is 309 g/mol. The molecule has 1 aromatic rings. The van der Waals surface area contributed by atoms with E-state index >= 15 is 0 Å². The van der Waals surface area contributed by atoms with Crippen LogP contribution in [0.4, 0.5) is 0 Å². The minimum Gasteiger partial charge on any atom is -0.458 e. The van der Waals surface area contributed by atoms with Gasteiger partial charge in [-0.05, 0) is 48.3 Å². The Bertz CT molecular complexity index is 695. The van der Waals surface area contributed by atoms with Gasteiger partial charge in [0, 0.05) is 5.41 Å². The smallest absolute Gasteiger partial charge is 0.338 e. The van der Waals surface area contributed by atoms with Crippen LogP contribution >= 0.6 is 0 Å². The van der Waals surface area contributed by atoms with Crippen molar-refractivity contribution in [3.05, 3.63) is 42.0 Å². The zero-order valence-electron chi connectivity index (χ0n) is 14.1. The van der Waals surface area contributed by atoms with Crippen molar-refractivity contribution in [3.8, 4) is 6.07 Å². The molecule has 0 aliphatic heterocycles. The first-order chi connectivity index (χ1) is 10.8. The van der Waals surface area contributed by atoms with Crippen molar-refractivity contribution in [2.45, 2.75) is 46.1 Å². The highest BCUT2D eigenvalue weighted by molar-refractivity contribution is 6.15. The maximum absolute atomic E-state index is 12.5. The first-order valence-corrected chi connectivity index (χ1v) is 8.20. The van der Waals surface area contributed by atoms with Crippen LogP contribution in [0, 0.1) is 28.1 Å². The van der Waals surface area contributed by atoms with Gasteiger partial charge in [-0.2, -0.15) is 5.26 Å². The Morgan fingerprint density at radius 2 is 1.96 bits per heavy atom. The largest absolute Gasteiger partial charge is 0.458 e. The standard InChI is InChI=1S/C20H23NO2/c1-13(15-7-5-14(12-21)6-8-15)18(22)23-17-11-16-9-10-20(17,4)19(16,2)3/h5-8,16-17H,1,9-11H2,2-4H3/t16-,17?,20-/m1/s1. The van der Waals surface area contributed by atoms with Gasteiger partial charge in [0.25, 0.3) is 0 Å². The van der Waals surface area contributed by atoms with E-state index in [1.807, 2.05) is 0 Å². The molecule has 2 saturated carbocycles. The summed E-state index contributed by atoms with van der Waals surface area (Å²) in [7, 11) is 0. The molecule has 3 nitrogen and oxygen atoms in total. The minimum atomic E-state index is -0.343. The summed E-state index contributed by atoms with van der Waals surface area (Å²) in [4.78, 5) is 12.5. The number of carbonyl (C=O) groups excluding carboxylic acids is 1. The summed E-state index contributed by atoms with van der Waals surface area (Å²) in [6, 6.07) is 8.94. The lowest BCUT2D eigenvalue weighted by Gasteiger charge is -2.38. The Balaban J connectivity index is 1.73. The quantitative estimate of drug-likeness (QED) is 0.617. The van der Waals surface area contributed by atoms with Gasteiger partial charge >= 0.3 is 5.97 Å².